The van der Waals surface area contributed by atoms with E-state index >= 15 is 0 Å². The lowest BCUT2D eigenvalue weighted by molar-refractivity contribution is 0.145. The van der Waals surface area contributed by atoms with Crippen LogP contribution in [0.1, 0.15) is 24.7 Å². The van der Waals surface area contributed by atoms with Gasteiger partial charge in [0.1, 0.15) is 17.9 Å². The van der Waals surface area contributed by atoms with Crippen molar-refractivity contribution in [1.29, 1.82) is 0 Å². The molecule has 0 aliphatic rings. The quantitative estimate of drug-likeness (QED) is 0.467. The van der Waals surface area contributed by atoms with Crippen LogP contribution in [0.2, 0.25) is 0 Å². The Morgan fingerprint density at radius 3 is 2.95 bits per heavy atom. The molecule has 0 atom stereocenters. The minimum Gasteiger partial charge on any atom is -0.459 e. The van der Waals surface area contributed by atoms with Crippen molar-refractivity contribution >= 4 is 16.9 Å². The average Bonchev–Trinajstić information content (AvgIpc) is 2.82. The van der Waals surface area contributed by atoms with Gasteiger partial charge in [0.25, 0.3) is 0 Å². The first kappa shape index (κ1) is 15.4. The smallest absolute Gasteiger partial charge is 0.189 e. The maximum absolute atomic E-state index is 5.84. The highest BCUT2D eigenvalue weighted by atomic mass is 16.5. The van der Waals surface area contributed by atoms with Crippen LogP contribution < -0.4 is 11.1 Å². The molecule has 3 N–H and O–H groups in total. The second-order valence-electron chi connectivity index (χ2n) is 4.83. The zero-order valence-electron chi connectivity index (χ0n) is 12.7. The standard InChI is InChI=1S/C16H23N3O2/c1-3-20-10-6-9-18-16(17)19-11-15-12(2)13-7-4-5-8-14(13)21-15/h4-5,7-8H,3,6,9-11H2,1-2H3,(H3,17,18,19). The van der Waals surface area contributed by atoms with E-state index in [4.69, 9.17) is 14.9 Å². The number of nitrogens with one attached hydrogen (secondary N) is 1. The van der Waals surface area contributed by atoms with Crippen LogP contribution in [-0.2, 0) is 11.3 Å². The molecule has 0 aliphatic carbocycles. The fourth-order valence-electron chi connectivity index (χ4n) is 2.12. The summed E-state index contributed by atoms with van der Waals surface area (Å²) in [4.78, 5) is 4.32. The predicted molar refractivity (Wildman–Crippen MR) is 85.4 cm³/mol. The Balaban J connectivity index is 1.88. The van der Waals surface area contributed by atoms with E-state index in [-0.39, 0.29) is 0 Å². The summed E-state index contributed by atoms with van der Waals surface area (Å²) in [5, 5.41) is 4.20. The van der Waals surface area contributed by atoms with Crippen molar-refractivity contribution in [2.24, 2.45) is 10.7 Å². The van der Waals surface area contributed by atoms with E-state index in [1.165, 1.54) is 0 Å². The van der Waals surface area contributed by atoms with Gasteiger partial charge in [0.05, 0.1) is 0 Å². The first-order valence-corrected chi connectivity index (χ1v) is 7.31. The van der Waals surface area contributed by atoms with Crippen LogP contribution in [0.4, 0.5) is 0 Å². The molecular formula is C16H23N3O2. The number of ether oxygens (including phenoxy) is 1. The topological polar surface area (TPSA) is 72.8 Å². The Bertz CT molecular complexity index is 605. The number of benzene rings is 1. The van der Waals surface area contributed by atoms with Crippen molar-refractivity contribution in [3.63, 3.8) is 0 Å². The molecule has 0 fully saturated rings. The minimum absolute atomic E-state index is 0.436. The lowest BCUT2D eigenvalue weighted by Crippen LogP contribution is -2.32. The number of hydrogen-bond acceptors (Lipinski definition) is 3. The molecule has 2 aromatic rings. The molecule has 1 aromatic heterocycles. The molecule has 21 heavy (non-hydrogen) atoms. The van der Waals surface area contributed by atoms with Crippen molar-refractivity contribution in [2.75, 3.05) is 19.8 Å². The molecule has 0 unspecified atom stereocenters. The lowest BCUT2D eigenvalue weighted by Gasteiger charge is -2.05. The highest BCUT2D eigenvalue weighted by molar-refractivity contribution is 5.82. The van der Waals surface area contributed by atoms with Crippen LogP contribution >= 0.6 is 0 Å². The molecule has 0 spiro atoms. The SMILES string of the molecule is CCOCCCNC(N)=NCc1oc2ccccc2c1C. The lowest BCUT2D eigenvalue weighted by atomic mass is 10.1. The Morgan fingerprint density at radius 2 is 2.19 bits per heavy atom. The first-order valence-electron chi connectivity index (χ1n) is 7.31. The number of guanidine groups is 1. The zero-order chi connectivity index (χ0) is 15.1. The number of aryl methyl sites for hydroxylation is 1. The molecule has 0 amide bonds. The first-order chi connectivity index (χ1) is 10.2. The van der Waals surface area contributed by atoms with Crippen molar-refractivity contribution in [2.45, 2.75) is 26.8 Å². The number of rotatable bonds is 7. The van der Waals surface area contributed by atoms with Gasteiger partial charge in [-0.25, -0.2) is 4.99 Å². The van der Waals surface area contributed by atoms with E-state index in [0.717, 1.165) is 48.5 Å². The number of hydrogen-bond donors (Lipinski definition) is 2. The molecule has 0 radical (unpaired) electrons. The summed E-state index contributed by atoms with van der Waals surface area (Å²) >= 11 is 0. The molecule has 5 nitrogen and oxygen atoms in total. The number of aliphatic imine (C=N–C) groups is 1. The zero-order valence-corrected chi connectivity index (χ0v) is 12.7. The second kappa shape index (κ2) is 7.69. The number of fused-ring (bicyclic) bond motifs is 1. The van der Waals surface area contributed by atoms with E-state index in [9.17, 15) is 0 Å². The summed E-state index contributed by atoms with van der Waals surface area (Å²) in [6.45, 7) is 6.72. The van der Waals surface area contributed by atoms with Crippen molar-refractivity contribution in [1.82, 2.24) is 5.32 Å². The van der Waals surface area contributed by atoms with E-state index in [2.05, 4.69) is 16.4 Å². The molecule has 1 heterocycles. The highest BCUT2D eigenvalue weighted by Gasteiger charge is 2.08. The summed E-state index contributed by atoms with van der Waals surface area (Å²) < 4.78 is 11.1. The van der Waals surface area contributed by atoms with E-state index < -0.39 is 0 Å². The van der Waals surface area contributed by atoms with Crippen LogP contribution in [0, 0.1) is 6.92 Å². The maximum atomic E-state index is 5.84. The van der Waals surface area contributed by atoms with Gasteiger partial charge in [0, 0.05) is 30.7 Å². The summed E-state index contributed by atoms with van der Waals surface area (Å²) in [6.07, 6.45) is 0.910. The fourth-order valence-corrected chi connectivity index (χ4v) is 2.12. The van der Waals surface area contributed by atoms with Crippen LogP contribution in [-0.4, -0.2) is 25.7 Å². The molecule has 0 saturated carbocycles. The van der Waals surface area contributed by atoms with Gasteiger partial charge in [-0.15, -0.1) is 0 Å². The van der Waals surface area contributed by atoms with Crippen LogP contribution in [0.25, 0.3) is 11.0 Å². The summed E-state index contributed by atoms with van der Waals surface area (Å²) in [6, 6.07) is 7.99. The third-order valence-corrected chi connectivity index (χ3v) is 3.31. The van der Waals surface area contributed by atoms with Gasteiger partial charge in [-0.2, -0.15) is 0 Å². The molecule has 5 heteroatoms. The third-order valence-electron chi connectivity index (χ3n) is 3.31. The van der Waals surface area contributed by atoms with Crippen molar-refractivity contribution < 1.29 is 9.15 Å². The monoisotopic (exact) mass is 289 g/mol. The summed E-state index contributed by atoms with van der Waals surface area (Å²) in [5.41, 5.74) is 7.85. The molecule has 0 aliphatic heterocycles. The second-order valence-corrected chi connectivity index (χ2v) is 4.83. The van der Waals surface area contributed by atoms with E-state index in [1.54, 1.807) is 0 Å². The number of furan rings is 1. The fraction of sp³-hybridized carbons (Fsp3) is 0.438. The number of nitrogens with zero attached hydrogens (tertiary/aromatic N) is 1. The van der Waals surface area contributed by atoms with Gasteiger partial charge in [0.2, 0.25) is 0 Å². The normalized spacial score (nSPS) is 12.0. The Morgan fingerprint density at radius 1 is 1.38 bits per heavy atom. The minimum atomic E-state index is 0.436. The molecule has 0 saturated heterocycles. The average molecular weight is 289 g/mol. The molecule has 114 valence electrons. The Kier molecular flexibility index (Phi) is 5.63. The molecular weight excluding hydrogens is 266 g/mol. The number of para-hydroxylation sites is 1. The largest absolute Gasteiger partial charge is 0.459 e. The third kappa shape index (κ3) is 4.23. The molecule has 1 aromatic carbocycles. The summed E-state index contributed by atoms with van der Waals surface area (Å²) in [5.74, 6) is 1.29. The summed E-state index contributed by atoms with van der Waals surface area (Å²) in [7, 11) is 0. The van der Waals surface area contributed by atoms with Crippen LogP contribution in [0.15, 0.2) is 33.7 Å². The van der Waals surface area contributed by atoms with Crippen molar-refractivity contribution in [3.05, 3.63) is 35.6 Å². The van der Waals surface area contributed by atoms with E-state index in [0.29, 0.717) is 12.5 Å². The highest BCUT2D eigenvalue weighted by Crippen LogP contribution is 2.25. The molecule has 0 bridgehead atoms. The van der Waals surface area contributed by atoms with Gasteiger partial charge in [0.15, 0.2) is 5.96 Å². The van der Waals surface area contributed by atoms with Gasteiger partial charge in [-0.3, -0.25) is 0 Å². The van der Waals surface area contributed by atoms with Gasteiger partial charge in [-0.05, 0) is 26.3 Å². The maximum Gasteiger partial charge on any atom is 0.189 e. The number of nitrogens with two attached hydrogens (primary N) is 1. The van der Waals surface area contributed by atoms with Gasteiger partial charge in [-0.1, -0.05) is 18.2 Å². The van der Waals surface area contributed by atoms with E-state index in [1.807, 2.05) is 32.0 Å². The van der Waals surface area contributed by atoms with Crippen LogP contribution in [0.5, 0.6) is 0 Å². The van der Waals surface area contributed by atoms with Gasteiger partial charge >= 0.3 is 0 Å². The molecule has 2 rings (SSSR count). The predicted octanol–water partition coefficient (Wildman–Crippen LogP) is 2.57. The van der Waals surface area contributed by atoms with Crippen LogP contribution in [0.3, 0.4) is 0 Å². The Labute approximate surface area is 125 Å². The van der Waals surface area contributed by atoms with Gasteiger partial charge < -0.3 is 20.2 Å². The van der Waals surface area contributed by atoms with Crippen molar-refractivity contribution in [3.8, 4) is 0 Å². The Hall–Kier alpha value is -2.01.